The summed E-state index contributed by atoms with van der Waals surface area (Å²) in [4.78, 5) is 0.0389. The first-order chi connectivity index (χ1) is 11.4. The Balaban J connectivity index is 1.92. The van der Waals surface area contributed by atoms with Crippen LogP contribution in [-0.2, 0) is 10.0 Å². The predicted molar refractivity (Wildman–Crippen MR) is 90.9 cm³/mol. The van der Waals surface area contributed by atoms with Gasteiger partial charge in [0.25, 0.3) is 10.0 Å². The Hall–Kier alpha value is -2.45. The molecule has 0 saturated heterocycles. The maximum Gasteiger partial charge on any atom is 0.263 e. The lowest BCUT2D eigenvalue weighted by Crippen LogP contribution is -2.14. The van der Waals surface area contributed by atoms with Crippen molar-refractivity contribution in [2.45, 2.75) is 18.7 Å². The molecule has 24 heavy (non-hydrogen) atoms. The molecule has 0 aliphatic carbocycles. The highest BCUT2D eigenvalue weighted by molar-refractivity contribution is 7.92. The van der Waals surface area contributed by atoms with E-state index < -0.39 is 10.0 Å². The van der Waals surface area contributed by atoms with Crippen molar-refractivity contribution in [3.05, 3.63) is 58.9 Å². The van der Waals surface area contributed by atoms with E-state index in [1.165, 1.54) is 17.1 Å². The van der Waals surface area contributed by atoms with Crippen LogP contribution in [0.15, 0.2) is 47.6 Å². The molecule has 0 atom stereocenters. The number of tetrazole rings is 1. The highest BCUT2D eigenvalue weighted by atomic mass is 35.5. The highest BCUT2D eigenvalue weighted by Crippen LogP contribution is 2.26. The number of benzene rings is 2. The number of hydrogen-bond acceptors (Lipinski definition) is 5. The summed E-state index contributed by atoms with van der Waals surface area (Å²) in [6.07, 6.45) is 1.47. The number of aryl methyl sites for hydroxylation is 2. The molecule has 0 unspecified atom stereocenters. The average molecular weight is 364 g/mol. The van der Waals surface area contributed by atoms with Gasteiger partial charge in [0.05, 0.1) is 10.7 Å². The third kappa shape index (κ3) is 3.24. The SMILES string of the molecule is Cc1ccc(S(=O)(=O)Nc2ccc(-n3cnnn3)c(C)c2)c(Cl)c1. The van der Waals surface area contributed by atoms with E-state index >= 15 is 0 Å². The predicted octanol–water partition coefficient (Wildman–Crippen LogP) is 2.73. The summed E-state index contributed by atoms with van der Waals surface area (Å²) in [7, 11) is -3.77. The number of nitrogens with one attached hydrogen (secondary N) is 1. The smallest absolute Gasteiger partial charge is 0.263 e. The minimum atomic E-state index is -3.77. The van der Waals surface area contributed by atoms with Crippen LogP contribution >= 0.6 is 11.6 Å². The van der Waals surface area contributed by atoms with Gasteiger partial charge in [0, 0.05) is 5.69 Å². The zero-order valence-electron chi connectivity index (χ0n) is 12.9. The number of hydrogen-bond donors (Lipinski definition) is 1. The van der Waals surface area contributed by atoms with Crippen molar-refractivity contribution < 1.29 is 8.42 Å². The molecule has 0 saturated carbocycles. The van der Waals surface area contributed by atoms with E-state index in [0.29, 0.717) is 5.69 Å². The second kappa shape index (κ2) is 6.21. The van der Waals surface area contributed by atoms with Crippen molar-refractivity contribution in [3.63, 3.8) is 0 Å². The molecule has 3 aromatic rings. The van der Waals surface area contributed by atoms with Gasteiger partial charge in [0.2, 0.25) is 0 Å². The fourth-order valence-corrected chi connectivity index (χ4v) is 3.93. The van der Waals surface area contributed by atoms with Crippen LogP contribution in [0, 0.1) is 13.8 Å². The van der Waals surface area contributed by atoms with Crippen molar-refractivity contribution in [1.82, 2.24) is 20.2 Å². The van der Waals surface area contributed by atoms with E-state index in [0.717, 1.165) is 16.8 Å². The second-order valence-electron chi connectivity index (χ2n) is 5.30. The molecule has 124 valence electrons. The molecular weight excluding hydrogens is 350 g/mol. The molecule has 0 bridgehead atoms. The van der Waals surface area contributed by atoms with Gasteiger partial charge in [-0.25, -0.2) is 13.1 Å². The van der Waals surface area contributed by atoms with Gasteiger partial charge in [0.1, 0.15) is 11.2 Å². The minimum Gasteiger partial charge on any atom is -0.280 e. The maximum atomic E-state index is 12.5. The fraction of sp³-hybridized carbons (Fsp3) is 0.133. The number of nitrogens with zero attached hydrogens (tertiary/aromatic N) is 4. The lowest BCUT2D eigenvalue weighted by molar-refractivity contribution is 0.601. The van der Waals surface area contributed by atoms with Crippen molar-refractivity contribution >= 4 is 27.3 Å². The van der Waals surface area contributed by atoms with Crippen LogP contribution in [-0.4, -0.2) is 28.6 Å². The van der Waals surface area contributed by atoms with Gasteiger partial charge in [-0.1, -0.05) is 17.7 Å². The topological polar surface area (TPSA) is 89.8 Å². The van der Waals surface area contributed by atoms with E-state index in [-0.39, 0.29) is 9.92 Å². The Labute approximate surface area is 144 Å². The van der Waals surface area contributed by atoms with Crippen molar-refractivity contribution in [2.24, 2.45) is 0 Å². The number of halogens is 1. The number of sulfonamides is 1. The van der Waals surface area contributed by atoms with Crippen LogP contribution in [0.25, 0.3) is 5.69 Å². The molecule has 1 N–H and O–H groups in total. The van der Waals surface area contributed by atoms with Gasteiger partial charge >= 0.3 is 0 Å². The molecule has 0 aliphatic heterocycles. The zero-order valence-corrected chi connectivity index (χ0v) is 14.5. The third-order valence-electron chi connectivity index (χ3n) is 3.42. The molecule has 0 amide bonds. The van der Waals surface area contributed by atoms with E-state index in [2.05, 4.69) is 20.2 Å². The first-order valence-electron chi connectivity index (χ1n) is 7.00. The Morgan fingerprint density at radius 3 is 2.54 bits per heavy atom. The standard InChI is InChI=1S/C15H14ClN5O2S/c1-10-3-6-15(13(16)7-10)24(22,23)18-12-4-5-14(11(2)8-12)21-9-17-19-20-21/h3-9,18H,1-2H3. The Kier molecular flexibility index (Phi) is 4.25. The third-order valence-corrected chi connectivity index (χ3v) is 5.29. The highest BCUT2D eigenvalue weighted by Gasteiger charge is 2.18. The van der Waals surface area contributed by atoms with Crippen LogP contribution in [0.5, 0.6) is 0 Å². The summed E-state index contributed by atoms with van der Waals surface area (Å²) in [6.45, 7) is 3.68. The fourth-order valence-electron chi connectivity index (χ4n) is 2.28. The van der Waals surface area contributed by atoms with Crippen LogP contribution in [0.1, 0.15) is 11.1 Å². The lowest BCUT2D eigenvalue weighted by atomic mass is 10.2. The molecule has 0 aliphatic rings. The minimum absolute atomic E-state index is 0.0389. The van der Waals surface area contributed by atoms with Crippen LogP contribution < -0.4 is 4.72 Å². The molecule has 0 spiro atoms. The van der Waals surface area contributed by atoms with Gasteiger partial charge in [-0.15, -0.1) is 5.10 Å². The maximum absolute atomic E-state index is 12.5. The quantitative estimate of drug-likeness (QED) is 0.769. The Morgan fingerprint density at radius 1 is 1.12 bits per heavy atom. The van der Waals surface area contributed by atoms with Crippen LogP contribution in [0.2, 0.25) is 5.02 Å². The van der Waals surface area contributed by atoms with Crippen molar-refractivity contribution in [3.8, 4) is 5.69 Å². The molecule has 2 aromatic carbocycles. The number of aromatic nitrogens is 4. The molecule has 0 fully saturated rings. The van der Waals surface area contributed by atoms with E-state index in [4.69, 9.17) is 11.6 Å². The summed E-state index contributed by atoms with van der Waals surface area (Å²) >= 11 is 6.06. The Morgan fingerprint density at radius 2 is 1.92 bits per heavy atom. The molecule has 7 nitrogen and oxygen atoms in total. The summed E-state index contributed by atoms with van der Waals surface area (Å²) in [5, 5.41) is 11.2. The van der Waals surface area contributed by atoms with Crippen molar-refractivity contribution in [1.29, 1.82) is 0 Å². The largest absolute Gasteiger partial charge is 0.280 e. The van der Waals surface area contributed by atoms with Gasteiger partial charge in [-0.05, 0) is 65.7 Å². The monoisotopic (exact) mass is 363 g/mol. The van der Waals surface area contributed by atoms with Gasteiger partial charge in [0.15, 0.2) is 0 Å². The molecule has 0 radical (unpaired) electrons. The van der Waals surface area contributed by atoms with Crippen LogP contribution in [0.3, 0.4) is 0 Å². The number of rotatable bonds is 4. The van der Waals surface area contributed by atoms with E-state index in [1.807, 2.05) is 13.8 Å². The summed E-state index contributed by atoms with van der Waals surface area (Å²) in [5.41, 5.74) is 2.90. The van der Waals surface area contributed by atoms with Gasteiger partial charge in [-0.3, -0.25) is 4.72 Å². The summed E-state index contributed by atoms with van der Waals surface area (Å²) < 4.78 is 29.1. The zero-order chi connectivity index (χ0) is 17.3. The summed E-state index contributed by atoms with van der Waals surface area (Å²) in [6, 6.07) is 9.89. The van der Waals surface area contributed by atoms with E-state index in [9.17, 15) is 8.42 Å². The normalized spacial score (nSPS) is 11.5. The van der Waals surface area contributed by atoms with Gasteiger partial charge < -0.3 is 0 Å². The molecule has 1 heterocycles. The van der Waals surface area contributed by atoms with E-state index in [1.54, 1.807) is 30.3 Å². The van der Waals surface area contributed by atoms with Gasteiger partial charge in [-0.2, -0.15) is 0 Å². The first-order valence-corrected chi connectivity index (χ1v) is 8.86. The lowest BCUT2D eigenvalue weighted by Gasteiger charge is -2.12. The van der Waals surface area contributed by atoms with Crippen LogP contribution in [0.4, 0.5) is 5.69 Å². The molecule has 9 heteroatoms. The molecular formula is C15H14ClN5O2S. The first kappa shape index (κ1) is 16.4. The van der Waals surface area contributed by atoms with Crippen molar-refractivity contribution in [2.75, 3.05) is 4.72 Å². The second-order valence-corrected chi connectivity index (χ2v) is 7.35. The Bertz CT molecular complexity index is 987. The average Bonchev–Trinajstić information content (AvgIpc) is 3.00. The molecule has 3 rings (SSSR count). The number of anilines is 1. The summed E-state index contributed by atoms with van der Waals surface area (Å²) in [5.74, 6) is 0. The molecule has 1 aromatic heterocycles.